The van der Waals surface area contributed by atoms with Gasteiger partial charge in [-0.15, -0.1) is 11.6 Å². The third-order valence-corrected chi connectivity index (χ3v) is 5.50. The van der Waals surface area contributed by atoms with Gasteiger partial charge in [0.05, 0.1) is 11.8 Å². The van der Waals surface area contributed by atoms with Crippen LogP contribution in [0.3, 0.4) is 0 Å². The fourth-order valence-corrected chi connectivity index (χ4v) is 3.79. The van der Waals surface area contributed by atoms with Crippen LogP contribution in [-0.4, -0.2) is 45.4 Å². The minimum Gasteiger partial charge on any atom is -0.481 e. The number of ketones is 1. The highest BCUT2D eigenvalue weighted by molar-refractivity contribution is 6.20. The van der Waals surface area contributed by atoms with Crippen molar-refractivity contribution < 1.29 is 34.1 Å². The zero-order valence-electron chi connectivity index (χ0n) is 15.2. The van der Waals surface area contributed by atoms with E-state index >= 15 is 0 Å². The Bertz CT molecular complexity index is 737. The monoisotopic (exact) mass is 408 g/mol. The van der Waals surface area contributed by atoms with Crippen molar-refractivity contribution in [3.8, 4) is 23.7 Å². The van der Waals surface area contributed by atoms with Crippen molar-refractivity contribution in [3.05, 3.63) is 0 Å². The van der Waals surface area contributed by atoms with Gasteiger partial charge in [-0.3, -0.25) is 14.4 Å². The molecule has 0 radical (unpaired) electrons. The number of halogens is 1. The average Bonchev–Trinajstić information content (AvgIpc) is 2.66. The first-order valence-corrected chi connectivity index (χ1v) is 9.56. The lowest BCUT2D eigenvalue weighted by Crippen LogP contribution is -2.34. The van der Waals surface area contributed by atoms with Gasteiger partial charge in [-0.05, 0) is 62.7 Å². The van der Waals surface area contributed by atoms with E-state index in [1.54, 1.807) is 0 Å². The van der Waals surface area contributed by atoms with Crippen LogP contribution >= 0.6 is 11.6 Å². The summed E-state index contributed by atoms with van der Waals surface area (Å²) in [5.74, 6) is 2.88. The van der Waals surface area contributed by atoms with Crippen LogP contribution in [0, 0.1) is 41.4 Å². The molecule has 0 amide bonds. The molecule has 0 aliphatic heterocycles. The van der Waals surface area contributed by atoms with Crippen molar-refractivity contribution in [2.24, 2.45) is 17.8 Å². The first kappa shape index (κ1) is 21.8. The number of carbonyl (C=O) groups excluding carboxylic acids is 2. The van der Waals surface area contributed by atoms with Gasteiger partial charge in [0, 0.05) is 17.2 Å². The second kappa shape index (κ2) is 10.1. The molecule has 2 rings (SSSR count). The standard InChI is InChI=1S/C20H21ClO7/c21-15-5-7-16(8-6-15)28-18(23)4-2-1-3-17(22)12-9-13(19(24)25)11-14(10-12)20(26)27/h12-16H,5-11H2,(H,24,25)(H,26,27). The summed E-state index contributed by atoms with van der Waals surface area (Å²) in [6.45, 7) is 0. The highest BCUT2D eigenvalue weighted by atomic mass is 35.5. The van der Waals surface area contributed by atoms with E-state index < -0.39 is 41.4 Å². The van der Waals surface area contributed by atoms with Crippen molar-refractivity contribution in [3.63, 3.8) is 0 Å². The van der Waals surface area contributed by atoms with Gasteiger partial charge in [0.1, 0.15) is 6.10 Å². The number of carboxylic acids is 2. The summed E-state index contributed by atoms with van der Waals surface area (Å²) < 4.78 is 5.19. The van der Waals surface area contributed by atoms with E-state index in [9.17, 15) is 19.2 Å². The summed E-state index contributed by atoms with van der Waals surface area (Å²) in [6.07, 6.45) is 2.80. The number of aliphatic carboxylic acids is 2. The molecular formula is C20H21ClO7. The predicted octanol–water partition coefficient (Wildman–Crippen LogP) is 1.86. The Morgan fingerprint density at radius 1 is 0.786 bits per heavy atom. The van der Waals surface area contributed by atoms with Crippen molar-refractivity contribution in [2.75, 3.05) is 0 Å². The van der Waals surface area contributed by atoms with Gasteiger partial charge in [0.25, 0.3) is 0 Å². The summed E-state index contributed by atoms with van der Waals surface area (Å²) in [5, 5.41) is 18.4. The average molecular weight is 409 g/mol. The Balaban J connectivity index is 1.90. The van der Waals surface area contributed by atoms with E-state index in [-0.39, 0.29) is 30.7 Å². The van der Waals surface area contributed by atoms with Crippen molar-refractivity contribution in [2.45, 2.75) is 56.4 Å². The smallest absolute Gasteiger partial charge is 0.385 e. The first-order valence-electron chi connectivity index (χ1n) is 9.12. The molecule has 2 atom stereocenters. The maximum Gasteiger partial charge on any atom is 0.385 e. The lowest BCUT2D eigenvalue weighted by molar-refractivity contribution is -0.149. The number of hydrogen-bond acceptors (Lipinski definition) is 5. The molecule has 0 aromatic carbocycles. The minimum atomic E-state index is -1.12. The third-order valence-electron chi connectivity index (χ3n) is 5.07. The SMILES string of the molecule is O=C(C#CC#CC(=O)C1CC(C(=O)O)CC(C(=O)O)C1)OC1CCC(Cl)CC1. The van der Waals surface area contributed by atoms with E-state index in [0.29, 0.717) is 12.8 Å². The molecule has 0 saturated heterocycles. The number of carboxylic acid groups (broad SMARTS) is 2. The molecule has 7 nitrogen and oxygen atoms in total. The third kappa shape index (κ3) is 6.58. The molecule has 2 unspecified atom stereocenters. The van der Waals surface area contributed by atoms with Crippen molar-refractivity contribution >= 4 is 35.3 Å². The second-order valence-corrected chi connectivity index (χ2v) is 7.74. The molecular weight excluding hydrogens is 388 g/mol. The zero-order valence-corrected chi connectivity index (χ0v) is 15.9. The Kier molecular flexibility index (Phi) is 7.90. The molecule has 8 heteroatoms. The number of esters is 1. The van der Waals surface area contributed by atoms with E-state index in [0.717, 1.165) is 12.8 Å². The highest BCUT2D eigenvalue weighted by Gasteiger charge is 2.38. The minimum absolute atomic E-state index is 0.000840. The van der Waals surface area contributed by atoms with Crippen LogP contribution in [0.5, 0.6) is 0 Å². The largest absolute Gasteiger partial charge is 0.481 e. The van der Waals surface area contributed by atoms with E-state index in [1.165, 1.54) is 0 Å². The summed E-state index contributed by atoms with van der Waals surface area (Å²) in [4.78, 5) is 46.2. The fraction of sp³-hybridized carbons (Fsp3) is 0.600. The number of hydrogen-bond donors (Lipinski definition) is 2. The molecule has 0 spiro atoms. The molecule has 0 aromatic heterocycles. The zero-order chi connectivity index (χ0) is 20.7. The molecule has 2 aliphatic rings. The lowest BCUT2D eigenvalue weighted by atomic mass is 9.73. The van der Waals surface area contributed by atoms with Crippen LogP contribution in [0.25, 0.3) is 0 Å². The number of ether oxygens (including phenoxy) is 1. The molecule has 2 aliphatic carbocycles. The Morgan fingerprint density at radius 2 is 1.29 bits per heavy atom. The number of Topliss-reactive ketones (excluding diaryl/α,β-unsaturated/α-hetero) is 1. The Labute approximate surface area is 167 Å². The van der Waals surface area contributed by atoms with Gasteiger partial charge in [-0.2, -0.15) is 0 Å². The maximum absolute atomic E-state index is 12.2. The van der Waals surface area contributed by atoms with Crippen LogP contribution in [0.4, 0.5) is 0 Å². The van der Waals surface area contributed by atoms with Crippen molar-refractivity contribution in [1.29, 1.82) is 0 Å². The summed E-state index contributed by atoms with van der Waals surface area (Å²) in [7, 11) is 0. The van der Waals surface area contributed by atoms with Crippen LogP contribution in [0.2, 0.25) is 0 Å². The first-order chi connectivity index (χ1) is 13.3. The van der Waals surface area contributed by atoms with Crippen LogP contribution < -0.4 is 0 Å². The van der Waals surface area contributed by atoms with Gasteiger partial charge in [0.15, 0.2) is 0 Å². The quantitative estimate of drug-likeness (QED) is 0.239. The maximum atomic E-state index is 12.2. The normalized spacial score (nSPS) is 29.2. The molecule has 2 saturated carbocycles. The molecule has 28 heavy (non-hydrogen) atoms. The van der Waals surface area contributed by atoms with Gasteiger partial charge in [-0.25, -0.2) is 4.79 Å². The summed E-state index contributed by atoms with van der Waals surface area (Å²) >= 11 is 5.98. The van der Waals surface area contributed by atoms with E-state index in [1.807, 2.05) is 0 Å². The summed E-state index contributed by atoms with van der Waals surface area (Å²) in [6, 6.07) is 0. The van der Waals surface area contributed by atoms with E-state index in [4.69, 9.17) is 26.6 Å². The van der Waals surface area contributed by atoms with Crippen LogP contribution in [0.15, 0.2) is 0 Å². The highest BCUT2D eigenvalue weighted by Crippen LogP contribution is 2.34. The van der Waals surface area contributed by atoms with Gasteiger partial charge < -0.3 is 14.9 Å². The molecule has 0 aromatic rings. The number of carbonyl (C=O) groups is 4. The molecule has 0 bridgehead atoms. The predicted molar refractivity (Wildman–Crippen MR) is 98.1 cm³/mol. The van der Waals surface area contributed by atoms with Gasteiger partial charge in [0.2, 0.25) is 5.78 Å². The van der Waals surface area contributed by atoms with Gasteiger partial charge in [-0.1, -0.05) is 0 Å². The molecule has 2 fully saturated rings. The fourth-order valence-electron chi connectivity index (χ4n) is 3.53. The summed E-state index contributed by atoms with van der Waals surface area (Å²) in [5.41, 5.74) is 0. The Morgan fingerprint density at radius 3 is 1.82 bits per heavy atom. The number of rotatable bonds is 4. The lowest BCUT2D eigenvalue weighted by Gasteiger charge is -2.28. The van der Waals surface area contributed by atoms with Crippen LogP contribution in [-0.2, 0) is 23.9 Å². The topological polar surface area (TPSA) is 118 Å². The second-order valence-electron chi connectivity index (χ2n) is 7.12. The Hall–Kier alpha value is -2.51. The molecule has 2 N–H and O–H groups in total. The molecule has 150 valence electrons. The van der Waals surface area contributed by atoms with Crippen LogP contribution in [0.1, 0.15) is 44.9 Å². The van der Waals surface area contributed by atoms with Gasteiger partial charge >= 0.3 is 17.9 Å². The number of alkyl halides is 1. The van der Waals surface area contributed by atoms with E-state index in [2.05, 4.69) is 23.7 Å². The van der Waals surface area contributed by atoms with Crippen molar-refractivity contribution in [1.82, 2.24) is 0 Å². The molecule has 0 heterocycles.